The third kappa shape index (κ3) is 1.98. The van der Waals surface area contributed by atoms with Crippen molar-refractivity contribution in [1.29, 1.82) is 0 Å². The second-order valence-corrected chi connectivity index (χ2v) is 3.31. The molecular formula is C11H10FNO2. The van der Waals surface area contributed by atoms with Crippen molar-refractivity contribution in [1.82, 2.24) is 0 Å². The zero-order valence-electron chi connectivity index (χ0n) is 8.00. The summed E-state index contributed by atoms with van der Waals surface area (Å²) in [7, 11) is 0. The van der Waals surface area contributed by atoms with Gasteiger partial charge >= 0.3 is 0 Å². The SMILES string of the molecule is NC(=O)/C=C1/CCOc2ccc(F)cc21. The van der Waals surface area contributed by atoms with Crippen LogP contribution in [0.3, 0.4) is 0 Å². The molecule has 0 fully saturated rings. The Labute approximate surface area is 86.3 Å². The second kappa shape index (κ2) is 3.73. The van der Waals surface area contributed by atoms with E-state index in [-0.39, 0.29) is 5.82 Å². The summed E-state index contributed by atoms with van der Waals surface area (Å²) >= 11 is 0. The van der Waals surface area contributed by atoms with Crippen molar-refractivity contribution in [2.45, 2.75) is 6.42 Å². The van der Waals surface area contributed by atoms with E-state index in [1.807, 2.05) is 0 Å². The molecule has 0 bridgehead atoms. The number of ether oxygens (including phenoxy) is 1. The van der Waals surface area contributed by atoms with Gasteiger partial charge in [-0.1, -0.05) is 0 Å². The average Bonchev–Trinajstić information content (AvgIpc) is 2.18. The van der Waals surface area contributed by atoms with Gasteiger partial charge in [0.05, 0.1) is 6.61 Å². The summed E-state index contributed by atoms with van der Waals surface area (Å²) in [5.74, 6) is -0.285. The fourth-order valence-electron chi connectivity index (χ4n) is 1.61. The number of halogens is 1. The molecule has 78 valence electrons. The van der Waals surface area contributed by atoms with Gasteiger partial charge in [0.25, 0.3) is 0 Å². The predicted molar refractivity (Wildman–Crippen MR) is 53.7 cm³/mol. The van der Waals surface area contributed by atoms with Gasteiger partial charge in [-0.15, -0.1) is 0 Å². The molecule has 0 aromatic heterocycles. The summed E-state index contributed by atoms with van der Waals surface area (Å²) < 4.78 is 18.3. The van der Waals surface area contributed by atoms with Gasteiger partial charge in [-0.25, -0.2) is 4.39 Å². The number of carbonyl (C=O) groups is 1. The summed E-state index contributed by atoms with van der Waals surface area (Å²) in [4.78, 5) is 10.8. The number of primary amides is 1. The molecule has 0 saturated heterocycles. The van der Waals surface area contributed by atoms with Crippen LogP contribution in [0.25, 0.3) is 5.57 Å². The minimum Gasteiger partial charge on any atom is -0.493 e. The first-order chi connectivity index (χ1) is 7.16. The van der Waals surface area contributed by atoms with Gasteiger partial charge in [-0.3, -0.25) is 4.79 Å². The van der Waals surface area contributed by atoms with Crippen molar-refractivity contribution in [3.8, 4) is 5.75 Å². The van der Waals surface area contributed by atoms with Crippen molar-refractivity contribution < 1.29 is 13.9 Å². The van der Waals surface area contributed by atoms with E-state index < -0.39 is 5.91 Å². The Balaban J connectivity index is 2.49. The molecule has 1 aliphatic heterocycles. The van der Waals surface area contributed by atoms with Gasteiger partial charge in [0.2, 0.25) is 5.91 Å². The lowest BCUT2D eigenvalue weighted by Crippen LogP contribution is -2.12. The highest BCUT2D eigenvalue weighted by Crippen LogP contribution is 2.32. The monoisotopic (exact) mass is 207 g/mol. The molecule has 4 heteroatoms. The van der Waals surface area contributed by atoms with E-state index in [9.17, 15) is 9.18 Å². The van der Waals surface area contributed by atoms with Gasteiger partial charge in [-0.2, -0.15) is 0 Å². The Kier molecular flexibility index (Phi) is 2.41. The van der Waals surface area contributed by atoms with E-state index in [2.05, 4.69) is 0 Å². The number of amides is 1. The number of hydrogen-bond acceptors (Lipinski definition) is 2. The number of benzene rings is 1. The number of nitrogens with two attached hydrogens (primary N) is 1. The summed E-state index contributed by atoms with van der Waals surface area (Å²) in [5.41, 5.74) is 6.40. The molecule has 15 heavy (non-hydrogen) atoms. The normalized spacial score (nSPS) is 17.0. The average molecular weight is 207 g/mol. The van der Waals surface area contributed by atoms with Crippen LogP contribution in [0.1, 0.15) is 12.0 Å². The van der Waals surface area contributed by atoms with Crippen molar-refractivity contribution in [2.24, 2.45) is 5.73 Å². The highest BCUT2D eigenvalue weighted by molar-refractivity contribution is 5.95. The van der Waals surface area contributed by atoms with Crippen LogP contribution < -0.4 is 10.5 Å². The Morgan fingerprint density at radius 2 is 2.33 bits per heavy atom. The van der Waals surface area contributed by atoms with Gasteiger partial charge in [0, 0.05) is 18.1 Å². The lowest BCUT2D eigenvalue weighted by atomic mass is 9.99. The number of hydrogen-bond donors (Lipinski definition) is 1. The summed E-state index contributed by atoms with van der Waals surface area (Å²) in [5, 5.41) is 0. The van der Waals surface area contributed by atoms with Crippen molar-refractivity contribution in [3.05, 3.63) is 35.7 Å². The molecule has 0 saturated carbocycles. The Hall–Kier alpha value is -1.84. The van der Waals surface area contributed by atoms with Gasteiger partial charge in [-0.05, 0) is 23.8 Å². The maximum absolute atomic E-state index is 13.0. The molecule has 1 aliphatic rings. The largest absolute Gasteiger partial charge is 0.493 e. The molecule has 0 radical (unpaired) electrons. The topological polar surface area (TPSA) is 52.3 Å². The second-order valence-electron chi connectivity index (χ2n) is 3.31. The first-order valence-corrected chi connectivity index (χ1v) is 4.59. The van der Waals surface area contributed by atoms with Crippen LogP contribution in [0, 0.1) is 5.82 Å². The third-order valence-corrected chi connectivity index (χ3v) is 2.23. The number of carbonyl (C=O) groups excluding carboxylic acids is 1. The highest BCUT2D eigenvalue weighted by Gasteiger charge is 2.16. The molecular weight excluding hydrogens is 197 g/mol. The molecule has 3 nitrogen and oxygen atoms in total. The molecule has 1 heterocycles. The predicted octanol–water partition coefficient (Wildman–Crippen LogP) is 1.48. The van der Waals surface area contributed by atoms with Gasteiger partial charge < -0.3 is 10.5 Å². The van der Waals surface area contributed by atoms with Crippen molar-refractivity contribution in [2.75, 3.05) is 6.61 Å². The minimum atomic E-state index is -0.526. The molecule has 1 aromatic carbocycles. The zero-order valence-corrected chi connectivity index (χ0v) is 8.00. The van der Waals surface area contributed by atoms with Crippen molar-refractivity contribution in [3.63, 3.8) is 0 Å². The smallest absolute Gasteiger partial charge is 0.241 e. The van der Waals surface area contributed by atoms with Crippen LogP contribution in [-0.2, 0) is 4.79 Å². The molecule has 0 spiro atoms. The minimum absolute atomic E-state index is 0.352. The van der Waals surface area contributed by atoms with E-state index in [4.69, 9.17) is 10.5 Å². The van der Waals surface area contributed by atoms with Crippen LogP contribution in [0.2, 0.25) is 0 Å². The van der Waals surface area contributed by atoms with Crippen LogP contribution in [0.15, 0.2) is 24.3 Å². The van der Waals surface area contributed by atoms with E-state index in [0.29, 0.717) is 24.3 Å². The first-order valence-electron chi connectivity index (χ1n) is 4.59. The summed E-state index contributed by atoms with van der Waals surface area (Å²) in [6.45, 7) is 0.484. The molecule has 0 aliphatic carbocycles. The van der Waals surface area contributed by atoms with Crippen LogP contribution in [-0.4, -0.2) is 12.5 Å². The van der Waals surface area contributed by atoms with Crippen LogP contribution in [0.4, 0.5) is 4.39 Å². The van der Waals surface area contributed by atoms with E-state index >= 15 is 0 Å². The molecule has 2 N–H and O–H groups in total. The van der Waals surface area contributed by atoms with Crippen LogP contribution in [0.5, 0.6) is 5.75 Å². The van der Waals surface area contributed by atoms with E-state index in [1.54, 1.807) is 6.07 Å². The van der Waals surface area contributed by atoms with Crippen molar-refractivity contribution >= 4 is 11.5 Å². The highest BCUT2D eigenvalue weighted by atomic mass is 19.1. The molecule has 1 amide bonds. The lowest BCUT2D eigenvalue weighted by Gasteiger charge is -2.19. The third-order valence-electron chi connectivity index (χ3n) is 2.23. The quantitative estimate of drug-likeness (QED) is 0.709. The van der Waals surface area contributed by atoms with Crippen LogP contribution >= 0.6 is 0 Å². The maximum atomic E-state index is 13.0. The summed E-state index contributed by atoms with van der Waals surface area (Å²) in [6.07, 6.45) is 1.89. The van der Waals surface area contributed by atoms with Gasteiger partial charge in [0.15, 0.2) is 0 Å². The number of fused-ring (bicyclic) bond motifs is 1. The first kappa shape index (κ1) is 9.71. The molecule has 0 unspecified atom stereocenters. The lowest BCUT2D eigenvalue weighted by molar-refractivity contribution is -0.113. The Morgan fingerprint density at radius 3 is 3.07 bits per heavy atom. The Morgan fingerprint density at radius 1 is 1.53 bits per heavy atom. The van der Waals surface area contributed by atoms with E-state index in [1.165, 1.54) is 18.2 Å². The fourth-order valence-corrected chi connectivity index (χ4v) is 1.61. The molecule has 0 atom stereocenters. The molecule has 1 aromatic rings. The number of rotatable bonds is 1. The fraction of sp³-hybridized carbons (Fsp3) is 0.182. The summed E-state index contributed by atoms with van der Waals surface area (Å²) in [6, 6.07) is 4.23. The van der Waals surface area contributed by atoms with Gasteiger partial charge in [0.1, 0.15) is 11.6 Å². The zero-order chi connectivity index (χ0) is 10.8. The maximum Gasteiger partial charge on any atom is 0.241 e. The standard InChI is InChI=1S/C11H10FNO2/c12-8-1-2-10-9(6-8)7(3-4-15-10)5-11(13)14/h1-2,5-6H,3-4H2,(H2,13,14)/b7-5-. The van der Waals surface area contributed by atoms with E-state index in [0.717, 1.165) is 5.57 Å². The Bertz CT molecular complexity index is 440. The molecule has 2 rings (SSSR count).